The first-order chi connectivity index (χ1) is 4.33. The number of nitrogens with two attached hydrogens (primary N) is 1. The smallest absolute Gasteiger partial charge is 0.391 e. The molecule has 0 spiro atoms. The summed E-state index contributed by atoms with van der Waals surface area (Å²) in [6.45, 7) is 0. The van der Waals surface area contributed by atoms with Crippen LogP contribution in [0.2, 0.25) is 0 Å². The van der Waals surface area contributed by atoms with Crippen molar-refractivity contribution in [2.24, 2.45) is 5.73 Å². The van der Waals surface area contributed by atoms with Crippen LogP contribution in [0.15, 0.2) is 0 Å². The molecule has 3 N–H and O–H groups in total. The van der Waals surface area contributed by atoms with Crippen LogP contribution in [0.25, 0.3) is 0 Å². The zero-order valence-corrected chi connectivity index (χ0v) is 6.08. The van der Waals surface area contributed by atoms with E-state index in [-0.39, 0.29) is 12.4 Å². The number of carboxylic acid groups (broad SMARTS) is 1. The van der Waals surface area contributed by atoms with Gasteiger partial charge in [0.2, 0.25) is 0 Å². The number of halogens is 4. The van der Waals surface area contributed by atoms with E-state index in [1.165, 1.54) is 0 Å². The number of aliphatic carboxylic acids is 1. The second kappa shape index (κ2) is 4.40. The number of rotatable bonds is 2. The van der Waals surface area contributed by atoms with Crippen LogP contribution in [0.1, 0.15) is 6.42 Å². The van der Waals surface area contributed by atoms with E-state index in [4.69, 9.17) is 5.11 Å². The number of carboxylic acids is 1. The van der Waals surface area contributed by atoms with Crippen molar-refractivity contribution in [2.45, 2.75) is 18.6 Å². The molecule has 68 valence electrons. The first kappa shape index (κ1) is 13.1. The molecule has 1 atom stereocenters. The third-order valence-electron chi connectivity index (χ3n) is 0.769. The lowest BCUT2D eigenvalue weighted by Crippen LogP contribution is -2.34. The van der Waals surface area contributed by atoms with Gasteiger partial charge < -0.3 is 10.8 Å². The third-order valence-corrected chi connectivity index (χ3v) is 0.769. The van der Waals surface area contributed by atoms with E-state index in [1.807, 2.05) is 0 Å². The normalized spacial score (nSPS) is 13.5. The molecule has 0 fully saturated rings. The zero-order chi connectivity index (χ0) is 8.36. The molecule has 0 heterocycles. The van der Waals surface area contributed by atoms with Gasteiger partial charge in [0, 0.05) is 0 Å². The predicted molar refractivity (Wildman–Crippen MR) is 33.5 cm³/mol. The van der Waals surface area contributed by atoms with Crippen molar-refractivity contribution in [1.29, 1.82) is 0 Å². The summed E-state index contributed by atoms with van der Waals surface area (Å²) in [6.07, 6.45) is -5.99. The fraction of sp³-hybridized carbons (Fsp3) is 0.750. The Labute approximate surface area is 66.8 Å². The number of carbonyl (C=O) groups is 1. The minimum atomic E-state index is -4.50. The summed E-state index contributed by atoms with van der Waals surface area (Å²) in [6, 6.07) is -1.85. The van der Waals surface area contributed by atoms with Crippen molar-refractivity contribution in [2.75, 3.05) is 0 Å². The van der Waals surface area contributed by atoms with Crippen LogP contribution in [0.5, 0.6) is 0 Å². The molecule has 0 aliphatic carbocycles. The average Bonchev–Trinajstić information content (AvgIpc) is 1.60. The van der Waals surface area contributed by atoms with Gasteiger partial charge in [-0.25, -0.2) is 0 Å². The molecule has 11 heavy (non-hydrogen) atoms. The van der Waals surface area contributed by atoms with Gasteiger partial charge in [-0.1, -0.05) is 0 Å². The third kappa shape index (κ3) is 7.41. The SMILES string of the molecule is Cl.NC(CC(F)(F)F)C(=O)O. The Balaban J connectivity index is 0. The molecule has 7 heteroatoms. The Hall–Kier alpha value is -0.490. The van der Waals surface area contributed by atoms with Gasteiger partial charge in [0.15, 0.2) is 0 Å². The summed E-state index contributed by atoms with van der Waals surface area (Å²) in [5.74, 6) is -1.64. The molecule has 0 aliphatic rings. The average molecular weight is 194 g/mol. The second-order valence-electron chi connectivity index (χ2n) is 1.76. The van der Waals surface area contributed by atoms with Gasteiger partial charge in [0.25, 0.3) is 0 Å². The van der Waals surface area contributed by atoms with Crippen LogP contribution in [0.3, 0.4) is 0 Å². The van der Waals surface area contributed by atoms with Crippen molar-refractivity contribution < 1.29 is 23.1 Å². The molecule has 3 nitrogen and oxygen atoms in total. The van der Waals surface area contributed by atoms with Gasteiger partial charge in [-0.05, 0) is 0 Å². The van der Waals surface area contributed by atoms with Crippen molar-refractivity contribution in [3.05, 3.63) is 0 Å². The molecule has 0 saturated heterocycles. The van der Waals surface area contributed by atoms with Gasteiger partial charge >= 0.3 is 12.1 Å². The summed E-state index contributed by atoms with van der Waals surface area (Å²) in [5, 5.41) is 7.92. The molecule has 0 amide bonds. The second-order valence-corrected chi connectivity index (χ2v) is 1.76. The van der Waals surface area contributed by atoms with Gasteiger partial charge in [-0.2, -0.15) is 13.2 Å². The molecular weight excluding hydrogens is 186 g/mol. The summed E-state index contributed by atoms with van der Waals surface area (Å²) < 4.78 is 34.0. The van der Waals surface area contributed by atoms with Crippen LogP contribution < -0.4 is 5.73 Å². The molecule has 0 aromatic rings. The van der Waals surface area contributed by atoms with Crippen molar-refractivity contribution in [3.63, 3.8) is 0 Å². The maximum atomic E-state index is 11.3. The zero-order valence-electron chi connectivity index (χ0n) is 5.26. The van der Waals surface area contributed by atoms with Crippen LogP contribution in [-0.4, -0.2) is 23.3 Å². The highest BCUT2D eigenvalue weighted by Gasteiger charge is 2.33. The van der Waals surface area contributed by atoms with Crippen molar-refractivity contribution in [1.82, 2.24) is 0 Å². The van der Waals surface area contributed by atoms with Gasteiger partial charge in [-0.15, -0.1) is 12.4 Å². The maximum absolute atomic E-state index is 11.3. The van der Waals surface area contributed by atoms with Gasteiger partial charge in [0.1, 0.15) is 6.04 Å². The predicted octanol–water partition coefficient (Wildman–Crippen LogP) is 0.773. The highest BCUT2D eigenvalue weighted by molar-refractivity contribution is 5.85. The number of hydrogen-bond acceptors (Lipinski definition) is 2. The quantitative estimate of drug-likeness (QED) is 0.681. The number of alkyl halides is 3. The molecule has 1 unspecified atom stereocenters. The topological polar surface area (TPSA) is 63.3 Å². The van der Waals surface area contributed by atoms with Crippen LogP contribution >= 0.6 is 12.4 Å². The van der Waals surface area contributed by atoms with Crippen LogP contribution in [-0.2, 0) is 4.79 Å². The number of hydrogen-bond donors (Lipinski definition) is 2. The monoisotopic (exact) mass is 193 g/mol. The molecular formula is C4H7ClF3NO2. The summed E-state index contributed by atoms with van der Waals surface area (Å²) in [7, 11) is 0. The minimum absolute atomic E-state index is 0. The Morgan fingerprint density at radius 2 is 1.91 bits per heavy atom. The first-order valence-corrected chi connectivity index (χ1v) is 2.38. The lowest BCUT2D eigenvalue weighted by molar-refractivity contribution is -0.156. The van der Waals surface area contributed by atoms with E-state index in [0.29, 0.717) is 0 Å². The summed E-state index contributed by atoms with van der Waals surface area (Å²) >= 11 is 0. The molecule has 0 aromatic carbocycles. The van der Waals surface area contributed by atoms with E-state index in [2.05, 4.69) is 5.73 Å². The standard InChI is InChI=1S/C4H6F3NO2.ClH/c5-4(6,7)1-2(8)3(9)10;/h2H,1,8H2,(H,9,10);1H. The van der Waals surface area contributed by atoms with E-state index in [0.717, 1.165) is 0 Å². The Bertz CT molecular complexity index is 138. The molecule has 0 rings (SSSR count). The Morgan fingerprint density at radius 1 is 1.55 bits per heavy atom. The Morgan fingerprint density at radius 3 is 2.00 bits per heavy atom. The Kier molecular flexibility index (Phi) is 5.25. The largest absolute Gasteiger partial charge is 0.480 e. The van der Waals surface area contributed by atoms with Crippen LogP contribution in [0.4, 0.5) is 13.2 Å². The summed E-state index contributed by atoms with van der Waals surface area (Å²) in [5.41, 5.74) is 4.58. The van der Waals surface area contributed by atoms with E-state index >= 15 is 0 Å². The molecule has 0 aromatic heterocycles. The van der Waals surface area contributed by atoms with Crippen LogP contribution in [0, 0.1) is 0 Å². The molecule has 0 saturated carbocycles. The van der Waals surface area contributed by atoms with E-state index < -0.39 is 24.6 Å². The minimum Gasteiger partial charge on any atom is -0.480 e. The fourth-order valence-corrected chi connectivity index (χ4v) is 0.337. The highest BCUT2D eigenvalue weighted by atomic mass is 35.5. The van der Waals surface area contributed by atoms with Gasteiger partial charge in [0.05, 0.1) is 6.42 Å². The maximum Gasteiger partial charge on any atom is 0.391 e. The molecule has 0 bridgehead atoms. The van der Waals surface area contributed by atoms with E-state index in [9.17, 15) is 18.0 Å². The lowest BCUT2D eigenvalue weighted by Gasteiger charge is -2.08. The van der Waals surface area contributed by atoms with Gasteiger partial charge in [-0.3, -0.25) is 4.79 Å². The first-order valence-electron chi connectivity index (χ1n) is 2.38. The highest BCUT2D eigenvalue weighted by Crippen LogP contribution is 2.20. The van der Waals surface area contributed by atoms with Crippen molar-refractivity contribution in [3.8, 4) is 0 Å². The lowest BCUT2D eigenvalue weighted by atomic mass is 10.2. The molecule has 0 aliphatic heterocycles. The fourth-order valence-electron chi connectivity index (χ4n) is 0.337. The van der Waals surface area contributed by atoms with Crippen molar-refractivity contribution >= 4 is 18.4 Å². The summed E-state index contributed by atoms with van der Waals surface area (Å²) in [4.78, 5) is 9.75. The van der Waals surface area contributed by atoms with E-state index in [1.54, 1.807) is 0 Å². The molecule has 0 radical (unpaired) electrons.